The fourth-order valence-electron chi connectivity index (χ4n) is 2.85. The number of hydrogen-bond donors (Lipinski definition) is 0. The Morgan fingerprint density at radius 2 is 1.88 bits per heavy atom. The summed E-state index contributed by atoms with van der Waals surface area (Å²) in [5, 5.41) is 12.4. The lowest BCUT2D eigenvalue weighted by molar-refractivity contribution is 0.385. The third-order valence-corrected chi connectivity index (χ3v) is 6.31. The molecule has 2 aromatic heterocycles. The van der Waals surface area contributed by atoms with Crippen LogP contribution in [0.1, 0.15) is 0 Å². The molecule has 0 aliphatic carbocycles. The van der Waals surface area contributed by atoms with Crippen molar-refractivity contribution >= 4 is 33.0 Å². The van der Waals surface area contributed by atoms with E-state index in [0.29, 0.717) is 36.8 Å². The van der Waals surface area contributed by atoms with Crippen LogP contribution in [0.2, 0.25) is 5.02 Å². The number of sulfonamides is 1. The third-order valence-electron chi connectivity index (χ3n) is 4.18. The highest BCUT2D eigenvalue weighted by molar-refractivity contribution is 7.89. The normalized spacial score (nSPS) is 16.4. The number of rotatable bonds is 3. The summed E-state index contributed by atoms with van der Waals surface area (Å²) >= 11 is 5.92. The second-order valence-corrected chi connectivity index (χ2v) is 8.07. The predicted octanol–water partition coefficient (Wildman–Crippen LogP) is 1.29. The number of fused-ring (bicyclic) bond motifs is 1. The molecule has 3 aromatic rings. The fourth-order valence-corrected chi connectivity index (χ4v) is 4.57. The van der Waals surface area contributed by atoms with Crippen LogP contribution in [-0.2, 0) is 10.0 Å². The van der Waals surface area contributed by atoms with E-state index in [9.17, 15) is 8.42 Å². The molecule has 1 aromatic carbocycles. The molecule has 0 saturated carbocycles. The Kier molecular flexibility index (Phi) is 4.06. The van der Waals surface area contributed by atoms with Crippen molar-refractivity contribution < 1.29 is 8.42 Å². The lowest BCUT2D eigenvalue weighted by atomic mass is 10.3. The van der Waals surface area contributed by atoms with Crippen LogP contribution in [0.25, 0.3) is 5.65 Å². The summed E-state index contributed by atoms with van der Waals surface area (Å²) in [6.45, 7) is 1.94. The highest BCUT2D eigenvalue weighted by Crippen LogP contribution is 2.23. The average molecular weight is 379 g/mol. The van der Waals surface area contributed by atoms with Crippen molar-refractivity contribution in [1.29, 1.82) is 0 Å². The Bertz CT molecular complexity index is 1010. The maximum absolute atomic E-state index is 12.7. The van der Waals surface area contributed by atoms with Crippen LogP contribution in [0.3, 0.4) is 0 Å². The Hall–Kier alpha value is -2.23. The standard InChI is InChI=1S/C15H15ClN6O2S/c16-12-2-1-3-14(8-12)25(23,24)21-6-4-20(5-7-21)13-9-15-19-17-11-22(15)18-10-13/h1-3,8-11H,4-7H2. The van der Waals surface area contributed by atoms with E-state index in [-0.39, 0.29) is 4.90 Å². The zero-order valence-electron chi connectivity index (χ0n) is 13.2. The molecular weight excluding hydrogens is 364 g/mol. The van der Waals surface area contributed by atoms with Crippen molar-refractivity contribution in [2.75, 3.05) is 31.1 Å². The second-order valence-electron chi connectivity index (χ2n) is 5.70. The first-order valence-electron chi connectivity index (χ1n) is 7.71. The van der Waals surface area contributed by atoms with Gasteiger partial charge in [0.15, 0.2) is 5.65 Å². The summed E-state index contributed by atoms with van der Waals surface area (Å²) < 4.78 is 28.5. The molecule has 1 aliphatic heterocycles. The number of anilines is 1. The van der Waals surface area contributed by atoms with E-state index < -0.39 is 10.0 Å². The van der Waals surface area contributed by atoms with Gasteiger partial charge < -0.3 is 4.90 Å². The summed E-state index contributed by atoms with van der Waals surface area (Å²) in [5.74, 6) is 0. The SMILES string of the molecule is O=S(=O)(c1cccc(Cl)c1)N1CCN(c2cnn3cnnc3c2)CC1. The Balaban J connectivity index is 1.51. The molecule has 0 radical (unpaired) electrons. The Labute approximate surface area is 149 Å². The van der Waals surface area contributed by atoms with E-state index in [0.717, 1.165) is 5.69 Å². The number of piperazine rings is 1. The minimum absolute atomic E-state index is 0.222. The van der Waals surface area contributed by atoms with Gasteiger partial charge in [-0.2, -0.15) is 9.40 Å². The van der Waals surface area contributed by atoms with E-state index in [1.807, 2.05) is 6.07 Å². The van der Waals surface area contributed by atoms with E-state index in [1.54, 1.807) is 28.9 Å². The summed E-state index contributed by atoms with van der Waals surface area (Å²) in [6.07, 6.45) is 3.27. The van der Waals surface area contributed by atoms with Crippen molar-refractivity contribution in [3.63, 3.8) is 0 Å². The summed E-state index contributed by atoms with van der Waals surface area (Å²) in [7, 11) is -3.54. The van der Waals surface area contributed by atoms with E-state index in [1.165, 1.54) is 16.7 Å². The predicted molar refractivity (Wildman–Crippen MR) is 93.2 cm³/mol. The molecule has 1 saturated heterocycles. The smallest absolute Gasteiger partial charge is 0.243 e. The summed E-state index contributed by atoms with van der Waals surface area (Å²) in [6, 6.07) is 8.24. The zero-order chi connectivity index (χ0) is 17.4. The molecule has 4 rings (SSSR count). The number of halogens is 1. The summed E-state index contributed by atoms with van der Waals surface area (Å²) in [5.41, 5.74) is 1.56. The van der Waals surface area contributed by atoms with Gasteiger partial charge in [0.1, 0.15) is 6.33 Å². The molecular formula is C15H15ClN6O2S. The van der Waals surface area contributed by atoms with Crippen molar-refractivity contribution in [3.05, 3.63) is 47.9 Å². The Morgan fingerprint density at radius 3 is 2.64 bits per heavy atom. The molecule has 3 heterocycles. The topological polar surface area (TPSA) is 83.7 Å². The minimum atomic E-state index is -3.54. The van der Waals surface area contributed by atoms with Crippen LogP contribution in [0.15, 0.2) is 47.8 Å². The van der Waals surface area contributed by atoms with E-state index >= 15 is 0 Å². The van der Waals surface area contributed by atoms with Crippen molar-refractivity contribution in [2.24, 2.45) is 0 Å². The molecule has 0 unspecified atom stereocenters. The van der Waals surface area contributed by atoms with E-state index in [4.69, 9.17) is 11.6 Å². The van der Waals surface area contributed by atoms with Gasteiger partial charge in [0.25, 0.3) is 0 Å². The number of nitrogens with zero attached hydrogens (tertiary/aromatic N) is 6. The van der Waals surface area contributed by atoms with Gasteiger partial charge in [-0.25, -0.2) is 12.9 Å². The number of hydrogen-bond acceptors (Lipinski definition) is 6. The highest BCUT2D eigenvalue weighted by atomic mass is 35.5. The van der Waals surface area contributed by atoms with Gasteiger partial charge in [-0.05, 0) is 18.2 Å². The van der Waals surface area contributed by atoms with Gasteiger partial charge in [0.2, 0.25) is 10.0 Å². The molecule has 10 heteroatoms. The van der Waals surface area contributed by atoms with Crippen LogP contribution in [0, 0.1) is 0 Å². The van der Waals surface area contributed by atoms with Crippen LogP contribution >= 0.6 is 11.6 Å². The number of aromatic nitrogens is 4. The van der Waals surface area contributed by atoms with Gasteiger partial charge in [0, 0.05) is 37.3 Å². The summed E-state index contributed by atoms with van der Waals surface area (Å²) in [4.78, 5) is 2.31. The molecule has 0 bridgehead atoms. The van der Waals surface area contributed by atoms with Crippen LogP contribution in [0.5, 0.6) is 0 Å². The van der Waals surface area contributed by atoms with Gasteiger partial charge in [-0.3, -0.25) is 0 Å². The van der Waals surface area contributed by atoms with Crippen molar-refractivity contribution in [2.45, 2.75) is 4.90 Å². The van der Waals surface area contributed by atoms with Gasteiger partial charge in [0.05, 0.1) is 16.8 Å². The first kappa shape index (κ1) is 16.2. The molecule has 25 heavy (non-hydrogen) atoms. The highest BCUT2D eigenvalue weighted by Gasteiger charge is 2.28. The molecule has 0 N–H and O–H groups in total. The lowest BCUT2D eigenvalue weighted by Gasteiger charge is -2.35. The largest absolute Gasteiger partial charge is 0.367 e. The molecule has 8 nitrogen and oxygen atoms in total. The molecule has 1 aliphatic rings. The van der Waals surface area contributed by atoms with Crippen molar-refractivity contribution in [1.82, 2.24) is 24.1 Å². The molecule has 0 amide bonds. The molecule has 0 spiro atoms. The minimum Gasteiger partial charge on any atom is -0.367 e. The maximum atomic E-state index is 12.7. The molecule has 130 valence electrons. The first-order chi connectivity index (χ1) is 12.0. The van der Waals surface area contributed by atoms with Crippen LogP contribution in [0.4, 0.5) is 5.69 Å². The molecule has 1 fully saturated rings. The maximum Gasteiger partial charge on any atom is 0.243 e. The van der Waals surface area contributed by atoms with Crippen molar-refractivity contribution in [3.8, 4) is 0 Å². The molecule has 0 atom stereocenters. The van der Waals surface area contributed by atoms with Gasteiger partial charge in [-0.15, -0.1) is 10.2 Å². The van der Waals surface area contributed by atoms with Crippen LogP contribution < -0.4 is 4.90 Å². The van der Waals surface area contributed by atoms with Gasteiger partial charge in [-0.1, -0.05) is 17.7 Å². The monoisotopic (exact) mass is 378 g/mol. The van der Waals surface area contributed by atoms with Gasteiger partial charge >= 0.3 is 0 Å². The lowest BCUT2D eigenvalue weighted by Crippen LogP contribution is -2.48. The van der Waals surface area contributed by atoms with E-state index in [2.05, 4.69) is 20.2 Å². The quantitative estimate of drug-likeness (QED) is 0.682. The fraction of sp³-hybridized carbons (Fsp3) is 0.267. The second kappa shape index (κ2) is 6.25. The average Bonchev–Trinajstić information content (AvgIpc) is 3.09. The zero-order valence-corrected chi connectivity index (χ0v) is 14.7. The number of benzene rings is 1. The third kappa shape index (κ3) is 3.06. The Morgan fingerprint density at radius 1 is 1.08 bits per heavy atom. The first-order valence-corrected chi connectivity index (χ1v) is 9.52. The van der Waals surface area contributed by atoms with Crippen LogP contribution in [-0.4, -0.2) is 58.7 Å².